The molecular weight excluding hydrogens is 288 g/mol. The van der Waals surface area contributed by atoms with Crippen LogP contribution in [0, 0.1) is 13.8 Å². The van der Waals surface area contributed by atoms with Crippen molar-refractivity contribution >= 4 is 16.0 Å². The summed E-state index contributed by atoms with van der Waals surface area (Å²) < 4.78 is 27.0. The molecule has 0 saturated heterocycles. The molecule has 1 aromatic heterocycles. The number of nitrogen functional groups attached to an aromatic ring is 1. The van der Waals surface area contributed by atoms with Crippen LogP contribution in [0.1, 0.15) is 22.4 Å². The average molecular weight is 304 g/mol. The van der Waals surface area contributed by atoms with E-state index in [1.54, 1.807) is 19.2 Å². The van der Waals surface area contributed by atoms with E-state index in [0.717, 1.165) is 16.7 Å². The van der Waals surface area contributed by atoms with Gasteiger partial charge < -0.3 is 5.73 Å². The maximum Gasteiger partial charge on any atom is 0.244 e. The van der Waals surface area contributed by atoms with Gasteiger partial charge in [-0.15, -0.1) is 0 Å². The molecule has 3 rings (SSSR count). The highest BCUT2D eigenvalue weighted by Gasteiger charge is 2.32. The SMILES string of the molecule is Cc1ccc(C)c(S(=O)(=O)N2Cc3cnc(N)nc3C2)c1. The molecule has 0 amide bonds. The smallest absolute Gasteiger partial charge is 0.244 e. The summed E-state index contributed by atoms with van der Waals surface area (Å²) in [7, 11) is -3.55. The fourth-order valence-corrected chi connectivity index (χ4v) is 4.12. The summed E-state index contributed by atoms with van der Waals surface area (Å²) in [6.45, 7) is 4.19. The first kappa shape index (κ1) is 14.0. The van der Waals surface area contributed by atoms with Crippen LogP contribution in [-0.2, 0) is 23.1 Å². The van der Waals surface area contributed by atoms with Crippen molar-refractivity contribution in [1.82, 2.24) is 14.3 Å². The fraction of sp³-hybridized carbons (Fsp3) is 0.286. The highest BCUT2D eigenvalue weighted by Crippen LogP contribution is 2.29. The van der Waals surface area contributed by atoms with Crippen LogP contribution in [0.25, 0.3) is 0 Å². The van der Waals surface area contributed by atoms with E-state index in [4.69, 9.17) is 5.73 Å². The number of aromatic nitrogens is 2. The van der Waals surface area contributed by atoms with Crippen LogP contribution in [0.5, 0.6) is 0 Å². The van der Waals surface area contributed by atoms with Gasteiger partial charge in [0.05, 0.1) is 17.1 Å². The number of hydrogen-bond acceptors (Lipinski definition) is 5. The van der Waals surface area contributed by atoms with Gasteiger partial charge in [-0.05, 0) is 31.0 Å². The van der Waals surface area contributed by atoms with E-state index in [0.29, 0.717) is 10.6 Å². The quantitative estimate of drug-likeness (QED) is 0.905. The zero-order valence-electron chi connectivity index (χ0n) is 11.9. The molecule has 7 heteroatoms. The lowest BCUT2D eigenvalue weighted by Crippen LogP contribution is -2.26. The van der Waals surface area contributed by atoms with Gasteiger partial charge in [-0.1, -0.05) is 12.1 Å². The molecule has 6 nitrogen and oxygen atoms in total. The Balaban J connectivity index is 2.00. The summed E-state index contributed by atoms with van der Waals surface area (Å²) in [5.74, 6) is 0.166. The zero-order valence-corrected chi connectivity index (χ0v) is 12.7. The van der Waals surface area contributed by atoms with E-state index in [9.17, 15) is 8.42 Å². The fourth-order valence-electron chi connectivity index (χ4n) is 2.43. The van der Waals surface area contributed by atoms with E-state index in [-0.39, 0.29) is 19.0 Å². The Bertz CT molecular complexity index is 818. The molecule has 2 aromatic rings. The van der Waals surface area contributed by atoms with Crippen molar-refractivity contribution < 1.29 is 8.42 Å². The van der Waals surface area contributed by atoms with Crippen molar-refractivity contribution in [2.24, 2.45) is 0 Å². The third-order valence-electron chi connectivity index (χ3n) is 3.61. The molecule has 21 heavy (non-hydrogen) atoms. The van der Waals surface area contributed by atoms with Crippen molar-refractivity contribution in [2.45, 2.75) is 31.8 Å². The summed E-state index contributed by atoms with van der Waals surface area (Å²) in [6, 6.07) is 5.43. The Morgan fingerprint density at radius 3 is 2.76 bits per heavy atom. The van der Waals surface area contributed by atoms with E-state index in [1.807, 2.05) is 19.1 Å². The van der Waals surface area contributed by atoms with Crippen molar-refractivity contribution in [3.05, 3.63) is 46.8 Å². The number of anilines is 1. The summed E-state index contributed by atoms with van der Waals surface area (Å²) in [6.07, 6.45) is 1.59. The lowest BCUT2D eigenvalue weighted by molar-refractivity contribution is 0.429. The number of nitrogens with zero attached hydrogens (tertiary/aromatic N) is 3. The molecule has 0 aliphatic carbocycles. The second-order valence-electron chi connectivity index (χ2n) is 5.24. The first-order valence-electron chi connectivity index (χ1n) is 6.55. The number of nitrogens with two attached hydrogens (primary N) is 1. The normalized spacial score (nSPS) is 15.1. The predicted octanol–water partition coefficient (Wildman–Crippen LogP) is 1.38. The van der Waals surface area contributed by atoms with Crippen molar-refractivity contribution in [1.29, 1.82) is 0 Å². The molecule has 1 aliphatic rings. The van der Waals surface area contributed by atoms with Crippen LogP contribution in [-0.4, -0.2) is 22.7 Å². The lowest BCUT2D eigenvalue weighted by Gasteiger charge is -2.17. The van der Waals surface area contributed by atoms with Gasteiger partial charge in [-0.2, -0.15) is 4.31 Å². The minimum Gasteiger partial charge on any atom is -0.368 e. The molecule has 0 unspecified atom stereocenters. The Labute approximate surface area is 123 Å². The number of rotatable bonds is 2. The minimum atomic E-state index is -3.55. The molecule has 0 fully saturated rings. The first-order chi connectivity index (χ1) is 9.88. The Morgan fingerprint density at radius 1 is 1.24 bits per heavy atom. The highest BCUT2D eigenvalue weighted by atomic mass is 32.2. The number of sulfonamides is 1. The zero-order chi connectivity index (χ0) is 15.2. The Kier molecular flexibility index (Phi) is 3.18. The molecular formula is C14H16N4O2S. The van der Waals surface area contributed by atoms with E-state index < -0.39 is 10.0 Å². The van der Waals surface area contributed by atoms with Crippen LogP contribution < -0.4 is 5.73 Å². The monoisotopic (exact) mass is 304 g/mol. The van der Waals surface area contributed by atoms with Gasteiger partial charge in [-0.25, -0.2) is 18.4 Å². The van der Waals surface area contributed by atoms with Crippen LogP contribution in [0.4, 0.5) is 5.95 Å². The summed E-state index contributed by atoms with van der Waals surface area (Å²) >= 11 is 0. The van der Waals surface area contributed by atoms with E-state index >= 15 is 0 Å². The number of fused-ring (bicyclic) bond motifs is 1. The number of aryl methyl sites for hydroxylation is 2. The second-order valence-corrected chi connectivity index (χ2v) is 7.15. The van der Waals surface area contributed by atoms with Crippen LogP contribution >= 0.6 is 0 Å². The van der Waals surface area contributed by atoms with Gasteiger partial charge >= 0.3 is 0 Å². The molecule has 0 spiro atoms. The second kappa shape index (κ2) is 4.78. The number of benzene rings is 1. The van der Waals surface area contributed by atoms with Crippen molar-refractivity contribution in [3.63, 3.8) is 0 Å². The van der Waals surface area contributed by atoms with Crippen molar-refractivity contribution in [2.75, 3.05) is 5.73 Å². The Hall–Kier alpha value is -1.99. The average Bonchev–Trinajstić information content (AvgIpc) is 2.85. The van der Waals surface area contributed by atoms with Crippen LogP contribution in [0.2, 0.25) is 0 Å². The standard InChI is InChI=1S/C14H16N4O2S/c1-9-3-4-10(2)13(5-9)21(19,20)18-7-11-6-16-14(15)17-12(11)8-18/h3-6H,7-8H2,1-2H3,(H2,15,16,17). The van der Waals surface area contributed by atoms with Crippen LogP contribution in [0.15, 0.2) is 29.3 Å². The molecule has 0 atom stereocenters. The maximum absolute atomic E-state index is 12.8. The topological polar surface area (TPSA) is 89.2 Å². The van der Waals surface area contributed by atoms with Gasteiger partial charge in [0.15, 0.2) is 0 Å². The first-order valence-corrected chi connectivity index (χ1v) is 7.99. The summed E-state index contributed by atoms with van der Waals surface area (Å²) in [5, 5.41) is 0. The van der Waals surface area contributed by atoms with Gasteiger partial charge in [-0.3, -0.25) is 0 Å². The Morgan fingerprint density at radius 2 is 2.00 bits per heavy atom. The molecule has 0 radical (unpaired) electrons. The third-order valence-corrected chi connectivity index (χ3v) is 5.54. The molecule has 2 heterocycles. The van der Waals surface area contributed by atoms with Gasteiger partial charge in [0, 0.05) is 18.3 Å². The molecule has 2 N–H and O–H groups in total. The highest BCUT2D eigenvalue weighted by molar-refractivity contribution is 7.89. The molecule has 0 saturated carbocycles. The minimum absolute atomic E-state index is 0.166. The van der Waals surface area contributed by atoms with E-state index in [2.05, 4.69) is 9.97 Å². The third kappa shape index (κ3) is 2.38. The van der Waals surface area contributed by atoms with E-state index in [1.165, 1.54) is 4.31 Å². The molecule has 1 aromatic carbocycles. The largest absolute Gasteiger partial charge is 0.368 e. The van der Waals surface area contributed by atoms with Gasteiger partial charge in [0.2, 0.25) is 16.0 Å². The molecule has 1 aliphatic heterocycles. The molecule has 0 bridgehead atoms. The predicted molar refractivity (Wildman–Crippen MR) is 78.8 cm³/mol. The maximum atomic E-state index is 12.8. The lowest BCUT2D eigenvalue weighted by atomic mass is 10.2. The number of hydrogen-bond donors (Lipinski definition) is 1. The van der Waals surface area contributed by atoms with Crippen molar-refractivity contribution in [3.8, 4) is 0 Å². The van der Waals surface area contributed by atoms with Gasteiger partial charge in [0.1, 0.15) is 0 Å². The summed E-state index contributed by atoms with van der Waals surface area (Å²) in [4.78, 5) is 8.37. The van der Waals surface area contributed by atoms with Gasteiger partial charge in [0.25, 0.3) is 0 Å². The molecule has 110 valence electrons. The van der Waals surface area contributed by atoms with Crippen LogP contribution in [0.3, 0.4) is 0 Å². The summed E-state index contributed by atoms with van der Waals surface area (Å²) in [5.41, 5.74) is 8.69.